The molecule has 216 valence electrons. The largest absolute Gasteiger partial charge is 0.383 e. The van der Waals surface area contributed by atoms with Crippen molar-refractivity contribution >= 4 is 12.1 Å². The molecule has 0 saturated carbocycles. The van der Waals surface area contributed by atoms with Crippen LogP contribution in [0.3, 0.4) is 0 Å². The number of amidine groups is 1. The Bertz CT molecular complexity index is 1380. The maximum absolute atomic E-state index is 11.5. The molecular weight excluding hydrogens is 514 g/mol. The summed E-state index contributed by atoms with van der Waals surface area (Å²) in [6.45, 7) is 4.48. The minimum absolute atomic E-state index is 0.306. The van der Waals surface area contributed by atoms with Crippen LogP contribution in [0.5, 0.6) is 0 Å². The van der Waals surface area contributed by atoms with Gasteiger partial charge in [0.15, 0.2) is 12.1 Å². The molecule has 0 aliphatic heterocycles. The van der Waals surface area contributed by atoms with Gasteiger partial charge in [0, 0.05) is 32.2 Å². The fourth-order valence-electron chi connectivity index (χ4n) is 4.36. The zero-order valence-electron chi connectivity index (χ0n) is 24.1. The van der Waals surface area contributed by atoms with Crippen LogP contribution in [0.1, 0.15) is 47.2 Å². The number of nitrogens with zero attached hydrogens (tertiary/aromatic N) is 3. The number of ether oxygens (including phenoxy) is 1. The number of rotatable bonds is 13. The van der Waals surface area contributed by atoms with E-state index in [9.17, 15) is 4.79 Å². The number of unbranched alkanes of at least 4 members (excludes halogenated alkanes) is 1. The van der Waals surface area contributed by atoms with Crippen molar-refractivity contribution in [2.24, 2.45) is 16.7 Å². The van der Waals surface area contributed by atoms with Gasteiger partial charge < -0.3 is 20.4 Å². The molecule has 4 aromatic rings. The van der Waals surface area contributed by atoms with Crippen LogP contribution in [0.4, 0.5) is 0 Å². The van der Waals surface area contributed by atoms with Crippen molar-refractivity contribution in [1.82, 2.24) is 20.4 Å². The molecule has 9 nitrogen and oxygen atoms in total. The highest BCUT2D eigenvalue weighted by molar-refractivity contribution is 6.04. The van der Waals surface area contributed by atoms with Crippen LogP contribution in [0.25, 0.3) is 22.3 Å². The van der Waals surface area contributed by atoms with Gasteiger partial charge in [0.2, 0.25) is 0 Å². The highest BCUT2D eigenvalue weighted by Crippen LogP contribution is 2.30. The summed E-state index contributed by atoms with van der Waals surface area (Å²) in [6.07, 6.45) is 5.49. The lowest BCUT2D eigenvalue weighted by Crippen LogP contribution is -2.23. The molecule has 3 aromatic carbocycles. The Kier molecular flexibility index (Phi) is 12.7. The van der Waals surface area contributed by atoms with Crippen LogP contribution in [-0.2, 0) is 17.7 Å². The fourth-order valence-corrected chi connectivity index (χ4v) is 4.36. The third-order valence-corrected chi connectivity index (χ3v) is 6.59. The third-order valence-electron chi connectivity index (χ3n) is 6.59. The normalized spacial score (nSPS) is 11.1. The smallest absolute Gasteiger partial charge is 0.168 e. The number of likely N-dealkylation sites (N-methyl/N-ethyl adjacent to an activating group) is 1. The molecule has 0 unspecified atom stereocenters. The van der Waals surface area contributed by atoms with Gasteiger partial charge in [-0.2, -0.15) is 0 Å². The number of nitrogens with two attached hydrogens (primary N) is 2. The molecule has 0 amide bonds. The van der Waals surface area contributed by atoms with E-state index in [0.717, 1.165) is 77.9 Å². The number of carbonyl (C=O) groups is 1. The molecular formula is C32H41N7O2. The van der Waals surface area contributed by atoms with E-state index in [0.29, 0.717) is 18.1 Å². The lowest BCUT2D eigenvalue weighted by atomic mass is 9.93. The van der Waals surface area contributed by atoms with Gasteiger partial charge in [-0.3, -0.25) is 4.79 Å². The van der Waals surface area contributed by atoms with Crippen LogP contribution in [0.2, 0.25) is 0 Å². The molecule has 1 heterocycles. The van der Waals surface area contributed by atoms with Gasteiger partial charge in [-0.1, -0.05) is 74.0 Å². The average molecular weight is 556 g/mol. The van der Waals surface area contributed by atoms with E-state index < -0.39 is 0 Å². The van der Waals surface area contributed by atoms with E-state index in [4.69, 9.17) is 16.3 Å². The zero-order valence-corrected chi connectivity index (χ0v) is 24.1. The second-order valence-corrected chi connectivity index (χ2v) is 9.45. The van der Waals surface area contributed by atoms with Gasteiger partial charge >= 0.3 is 0 Å². The summed E-state index contributed by atoms with van der Waals surface area (Å²) in [5, 5.41) is 6.93. The van der Waals surface area contributed by atoms with Crippen LogP contribution >= 0.6 is 0 Å². The Morgan fingerprint density at radius 3 is 2.39 bits per heavy atom. The maximum Gasteiger partial charge on any atom is 0.168 e. The number of hydrogen-bond acceptors (Lipinski definition) is 7. The number of imidazole rings is 1. The Labute approximate surface area is 242 Å². The van der Waals surface area contributed by atoms with Crippen molar-refractivity contribution in [1.29, 1.82) is 0 Å². The summed E-state index contributed by atoms with van der Waals surface area (Å²) in [7, 11) is 3.59. The van der Waals surface area contributed by atoms with E-state index in [-0.39, 0.29) is 0 Å². The van der Waals surface area contributed by atoms with Gasteiger partial charge in [-0.05, 0) is 53.4 Å². The minimum Gasteiger partial charge on any atom is -0.383 e. The number of aldehydes is 1. The summed E-state index contributed by atoms with van der Waals surface area (Å²) in [5.74, 6) is 6.62. The molecule has 0 fully saturated rings. The second kappa shape index (κ2) is 16.7. The lowest BCUT2D eigenvalue weighted by molar-refractivity contribution is 0.111. The van der Waals surface area contributed by atoms with Crippen molar-refractivity contribution in [3.05, 3.63) is 102 Å². The fraction of sp³-hybridized carbons (Fsp3) is 0.281. The standard InChI is InChI=1S/C28H30N6O.C4H11NO/c1-2-3-9-27-31-17-24(19-35)34(27)18-20-10-12-22(13-11-20)26-16-23(21-7-5-4-6-8-21)14-15-25(26)28(29)32-33-30;1-5-3-4-6-2/h4-8,10-17,19,33H,2-3,9,18,30H2,1H3,(H2,29,32);5H,3-4H2,1-2H3. The molecule has 0 atom stereocenters. The third kappa shape index (κ3) is 8.84. The highest BCUT2D eigenvalue weighted by Gasteiger charge is 2.13. The van der Waals surface area contributed by atoms with Gasteiger partial charge in [0.1, 0.15) is 11.5 Å². The Hall–Kier alpha value is -4.31. The molecule has 9 heteroatoms. The molecule has 4 rings (SSSR count). The first-order valence-corrected chi connectivity index (χ1v) is 13.8. The predicted molar refractivity (Wildman–Crippen MR) is 166 cm³/mol. The summed E-state index contributed by atoms with van der Waals surface area (Å²) in [5.41, 5.74) is 15.1. The number of aryl methyl sites for hydroxylation is 1. The van der Waals surface area contributed by atoms with Crippen molar-refractivity contribution < 1.29 is 9.53 Å². The molecule has 1 aromatic heterocycles. The SMILES string of the molecule is CCCCc1ncc(C=O)n1Cc1ccc(-c2cc(-c3ccccc3)ccc2/C(N)=N/NN)cc1.CNCCOC. The van der Waals surface area contributed by atoms with Crippen LogP contribution in [0, 0.1) is 0 Å². The lowest BCUT2D eigenvalue weighted by Gasteiger charge is -2.14. The van der Waals surface area contributed by atoms with Gasteiger partial charge in [-0.15, -0.1) is 5.10 Å². The molecule has 6 N–H and O–H groups in total. The number of hydrazine groups is 1. The van der Waals surface area contributed by atoms with Crippen molar-refractivity contribution in [3.8, 4) is 22.3 Å². The van der Waals surface area contributed by atoms with Crippen molar-refractivity contribution in [2.75, 3.05) is 27.3 Å². The van der Waals surface area contributed by atoms with Crippen LogP contribution < -0.4 is 22.4 Å². The average Bonchev–Trinajstić information content (AvgIpc) is 3.41. The number of aromatic nitrogens is 2. The van der Waals surface area contributed by atoms with Crippen LogP contribution in [0.15, 0.2) is 84.1 Å². The zero-order chi connectivity index (χ0) is 29.5. The molecule has 41 heavy (non-hydrogen) atoms. The first-order chi connectivity index (χ1) is 20.1. The quantitative estimate of drug-likeness (QED) is 0.0481. The summed E-state index contributed by atoms with van der Waals surface area (Å²) in [4.78, 5) is 16.0. The van der Waals surface area contributed by atoms with Crippen LogP contribution in [-0.4, -0.2) is 49.0 Å². The number of nitrogens with one attached hydrogen (secondary N) is 2. The molecule has 0 radical (unpaired) electrons. The number of hydrogen-bond donors (Lipinski definition) is 4. The first kappa shape index (κ1) is 31.2. The van der Waals surface area contributed by atoms with Gasteiger partial charge in [0.25, 0.3) is 0 Å². The van der Waals surface area contributed by atoms with E-state index in [1.54, 1.807) is 13.3 Å². The monoisotopic (exact) mass is 555 g/mol. The Morgan fingerprint density at radius 1 is 1.05 bits per heavy atom. The van der Waals surface area contributed by atoms with E-state index in [1.165, 1.54) is 0 Å². The van der Waals surface area contributed by atoms with Crippen molar-refractivity contribution in [2.45, 2.75) is 32.7 Å². The second-order valence-electron chi connectivity index (χ2n) is 9.45. The van der Waals surface area contributed by atoms with Gasteiger partial charge in [0.05, 0.1) is 12.8 Å². The van der Waals surface area contributed by atoms with Crippen molar-refractivity contribution in [3.63, 3.8) is 0 Å². The maximum atomic E-state index is 11.5. The van der Waals surface area contributed by atoms with E-state index in [1.807, 2.05) is 41.9 Å². The summed E-state index contributed by atoms with van der Waals surface area (Å²) < 4.78 is 6.72. The molecule has 0 spiro atoms. The highest BCUT2D eigenvalue weighted by atomic mass is 16.5. The molecule has 0 bridgehead atoms. The number of carbonyl (C=O) groups excluding carboxylic acids is 1. The predicted octanol–water partition coefficient (Wildman–Crippen LogP) is 4.36. The summed E-state index contributed by atoms with van der Waals surface area (Å²) >= 11 is 0. The Balaban J connectivity index is 0.000000696. The topological polar surface area (TPSA) is 133 Å². The Morgan fingerprint density at radius 2 is 1.78 bits per heavy atom. The number of methoxy groups -OCH3 is 1. The molecule has 0 saturated heterocycles. The number of hydrazone groups is 1. The minimum atomic E-state index is 0.306. The number of benzene rings is 3. The van der Waals surface area contributed by atoms with E-state index in [2.05, 4.69) is 70.3 Å². The van der Waals surface area contributed by atoms with Gasteiger partial charge in [-0.25, -0.2) is 16.4 Å². The first-order valence-electron chi connectivity index (χ1n) is 13.8. The summed E-state index contributed by atoms with van der Waals surface area (Å²) in [6, 6.07) is 24.6. The molecule has 0 aliphatic rings. The van der Waals surface area contributed by atoms with E-state index >= 15 is 0 Å². The molecule has 0 aliphatic carbocycles.